The van der Waals surface area contributed by atoms with Gasteiger partial charge in [0.05, 0.1) is 0 Å². The van der Waals surface area contributed by atoms with Gasteiger partial charge in [0.1, 0.15) is 6.04 Å². The van der Waals surface area contributed by atoms with Crippen molar-refractivity contribution in [2.45, 2.75) is 25.9 Å². The maximum absolute atomic E-state index is 12.2. The minimum absolute atomic E-state index is 0.0315. The Kier molecular flexibility index (Phi) is 4.96. The Labute approximate surface area is 119 Å². The van der Waals surface area contributed by atoms with Crippen LogP contribution in [0.4, 0.5) is 0 Å². The average molecular weight is 281 g/mol. The van der Waals surface area contributed by atoms with Crippen molar-refractivity contribution in [3.8, 4) is 0 Å². The third kappa shape index (κ3) is 3.55. The zero-order valence-corrected chi connectivity index (χ0v) is 12.8. The fourth-order valence-corrected chi connectivity index (χ4v) is 3.36. The molecule has 19 heavy (non-hydrogen) atoms. The molecule has 4 nitrogen and oxygen atoms in total. The van der Waals surface area contributed by atoms with Crippen LogP contribution in [0, 0.1) is 0 Å². The minimum atomic E-state index is -0.0315. The first-order chi connectivity index (χ1) is 9.11. The Morgan fingerprint density at radius 2 is 2.21 bits per heavy atom. The van der Waals surface area contributed by atoms with E-state index in [2.05, 4.69) is 29.3 Å². The second kappa shape index (κ2) is 6.50. The largest absolute Gasteiger partial charge is 0.347 e. The maximum Gasteiger partial charge on any atom is 0.240 e. The lowest BCUT2D eigenvalue weighted by molar-refractivity contribution is -0.135. The molecule has 0 radical (unpaired) electrons. The van der Waals surface area contributed by atoms with E-state index < -0.39 is 0 Å². The molecule has 106 valence electrons. The van der Waals surface area contributed by atoms with Crippen LogP contribution in [-0.4, -0.2) is 55.5 Å². The third-order valence-electron chi connectivity index (χ3n) is 3.50. The van der Waals surface area contributed by atoms with Crippen molar-refractivity contribution < 1.29 is 4.79 Å². The summed E-state index contributed by atoms with van der Waals surface area (Å²) in [5, 5.41) is 3.32. The molecule has 5 heteroatoms. The van der Waals surface area contributed by atoms with E-state index in [1.54, 1.807) is 4.90 Å². The molecule has 0 aliphatic carbocycles. The van der Waals surface area contributed by atoms with Crippen LogP contribution < -0.4 is 5.32 Å². The number of carbonyl (C=O) groups is 1. The first-order valence-corrected chi connectivity index (χ1v) is 7.67. The highest BCUT2D eigenvalue weighted by atomic mass is 32.1. The highest BCUT2D eigenvalue weighted by molar-refractivity contribution is 7.11. The van der Waals surface area contributed by atoms with Crippen LogP contribution in [0.25, 0.3) is 0 Å². The molecule has 0 bridgehead atoms. The molecule has 1 aromatic rings. The van der Waals surface area contributed by atoms with Gasteiger partial charge in [-0.2, -0.15) is 0 Å². The van der Waals surface area contributed by atoms with Crippen molar-refractivity contribution in [1.29, 1.82) is 0 Å². The highest BCUT2D eigenvalue weighted by Gasteiger charge is 2.29. The lowest BCUT2D eigenvalue weighted by Gasteiger charge is -2.36. The Morgan fingerprint density at radius 1 is 1.47 bits per heavy atom. The quantitative estimate of drug-likeness (QED) is 0.900. The second-order valence-electron chi connectivity index (χ2n) is 5.14. The van der Waals surface area contributed by atoms with Crippen LogP contribution in [0.1, 0.15) is 16.7 Å². The Hall–Kier alpha value is -0.910. The van der Waals surface area contributed by atoms with Crippen LogP contribution in [-0.2, 0) is 17.8 Å². The minimum Gasteiger partial charge on any atom is -0.347 e. The van der Waals surface area contributed by atoms with E-state index >= 15 is 0 Å². The number of carbonyl (C=O) groups excluding carboxylic acids is 1. The number of likely N-dealkylation sites (N-methyl/N-ethyl adjacent to an activating group) is 1. The van der Waals surface area contributed by atoms with Gasteiger partial charge in [0.2, 0.25) is 5.91 Å². The van der Waals surface area contributed by atoms with Crippen molar-refractivity contribution in [3.05, 3.63) is 21.9 Å². The topological polar surface area (TPSA) is 35.6 Å². The van der Waals surface area contributed by atoms with Crippen LogP contribution in [0.3, 0.4) is 0 Å². The average Bonchev–Trinajstić information content (AvgIpc) is 2.86. The van der Waals surface area contributed by atoms with E-state index in [0.29, 0.717) is 0 Å². The van der Waals surface area contributed by atoms with E-state index in [4.69, 9.17) is 0 Å². The lowest BCUT2D eigenvalue weighted by atomic mass is 10.1. The van der Waals surface area contributed by atoms with E-state index in [-0.39, 0.29) is 11.9 Å². The SMILES string of the molecule is CCc1ccc(CN2CCNCC2C(=O)N(C)C)s1. The molecular formula is C14H23N3OS. The fraction of sp³-hybridized carbons (Fsp3) is 0.643. The fourth-order valence-electron chi connectivity index (χ4n) is 2.37. The molecule has 1 saturated heterocycles. The molecule has 0 spiro atoms. The molecule has 1 atom stereocenters. The van der Waals surface area contributed by atoms with Crippen LogP contribution in [0.15, 0.2) is 12.1 Å². The van der Waals surface area contributed by atoms with Gasteiger partial charge in [-0.05, 0) is 18.6 Å². The van der Waals surface area contributed by atoms with E-state index in [9.17, 15) is 4.79 Å². The van der Waals surface area contributed by atoms with Gasteiger partial charge < -0.3 is 10.2 Å². The summed E-state index contributed by atoms with van der Waals surface area (Å²) >= 11 is 1.86. The molecule has 1 unspecified atom stereocenters. The summed E-state index contributed by atoms with van der Waals surface area (Å²) in [4.78, 5) is 19.0. The zero-order chi connectivity index (χ0) is 13.8. The molecule has 2 rings (SSSR count). The van der Waals surface area contributed by atoms with Gasteiger partial charge in [-0.15, -0.1) is 11.3 Å². The van der Waals surface area contributed by atoms with Crippen molar-refractivity contribution in [3.63, 3.8) is 0 Å². The van der Waals surface area contributed by atoms with Gasteiger partial charge in [0.25, 0.3) is 0 Å². The molecule has 2 heterocycles. The number of amides is 1. The number of aryl methyl sites for hydroxylation is 1. The zero-order valence-electron chi connectivity index (χ0n) is 12.0. The second-order valence-corrected chi connectivity index (χ2v) is 6.40. The Balaban J connectivity index is 2.05. The maximum atomic E-state index is 12.2. The van der Waals surface area contributed by atoms with Gasteiger partial charge in [-0.25, -0.2) is 0 Å². The molecule has 1 amide bonds. The predicted octanol–water partition coefficient (Wildman–Crippen LogP) is 1.17. The van der Waals surface area contributed by atoms with E-state index in [1.807, 2.05) is 25.4 Å². The van der Waals surface area contributed by atoms with Gasteiger partial charge in [-0.3, -0.25) is 9.69 Å². The number of rotatable bonds is 4. The summed E-state index contributed by atoms with van der Waals surface area (Å²) in [6.07, 6.45) is 1.09. The summed E-state index contributed by atoms with van der Waals surface area (Å²) in [7, 11) is 3.66. The van der Waals surface area contributed by atoms with Crippen molar-refractivity contribution >= 4 is 17.2 Å². The lowest BCUT2D eigenvalue weighted by Crippen LogP contribution is -2.57. The summed E-state index contributed by atoms with van der Waals surface area (Å²) < 4.78 is 0. The third-order valence-corrected chi connectivity index (χ3v) is 4.72. The van der Waals surface area contributed by atoms with E-state index in [0.717, 1.165) is 32.6 Å². The highest BCUT2D eigenvalue weighted by Crippen LogP contribution is 2.20. The summed E-state index contributed by atoms with van der Waals surface area (Å²) in [6.45, 7) is 5.71. The molecule has 0 aromatic carbocycles. The number of thiophene rings is 1. The normalized spacial score (nSPS) is 20.5. The Morgan fingerprint density at radius 3 is 2.84 bits per heavy atom. The summed E-state index contributed by atoms with van der Waals surface area (Å²) in [5.74, 6) is 0.194. The molecule has 1 N–H and O–H groups in total. The van der Waals surface area contributed by atoms with Gasteiger partial charge in [0.15, 0.2) is 0 Å². The van der Waals surface area contributed by atoms with Gasteiger partial charge in [-0.1, -0.05) is 6.92 Å². The first kappa shape index (κ1) is 14.5. The van der Waals surface area contributed by atoms with Crippen LogP contribution >= 0.6 is 11.3 Å². The predicted molar refractivity (Wildman–Crippen MR) is 79.5 cm³/mol. The monoisotopic (exact) mass is 281 g/mol. The van der Waals surface area contributed by atoms with E-state index in [1.165, 1.54) is 9.75 Å². The number of hydrogen-bond acceptors (Lipinski definition) is 4. The molecule has 1 aliphatic heterocycles. The number of nitrogens with zero attached hydrogens (tertiary/aromatic N) is 2. The smallest absolute Gasteiger partial charge is 0.240 e. The summed E-state index contributed by atoms with van der Waals surface area (Å²) in [5.41, 5.74) is 0. The standard InChI is InChI=1S/C14H23N3OS/c1-4-11-5-6-12(19-11)10-17-8-7-15-9-13(17)14(18)16(2)3/h5-6,13,15H,4,7-10H2,1-3H3. The number of piperazine rings is 1. The Bertz CT molecular complexity index is 430. The van der Waals surface area contributed by atoms with Crippen LogP contribution in [0.2, 0.25) is 0 Å². The molecule has 1 aromatic heterocycles. The van der Waals surface area contributed by atoms with Gasteiger partial charge in [0, 0.05) is 50.0 Å². The molecule has 1 aliphatic rings. The van der Waals surface area contributed by atoms with Crippen LogP contribution in [0.5, 0.6) is 0 Å². The van der Waals surface area contributed by atoms with Crippen molar-refractivity contribution in [1.82, 2.24) is 15.1 Å². The van der Waals surface area contributed by atoms with Crippen molar-refractivity contribution in [2.75, 3.05) is 33.7 Å². The summed E-state index contributed by atoms with van der Waals surface area (Å²) in [6, 6.07) is 4.36. The molecular weight excluding hydrogens is 258 g/mol. The molecule has 1 fully saturated rings. The first-order valence-electron chi connectivity index (χ1n) is 6.85. The van der Waals surface area contributed by atoms with Gasteiger partial charge >= 0.3 is 0 Å². The number of nitrogens with one attached hydrogen (secondary N) is 1. The van der Waals surface area contributed by atoms with Crippen molar-refractivity contribution in [2.24, 2.45) is 0 Å². The molecule has 0 saturated carbocycles. The number of hydrogen-bond donors (Lipinski definition) is 1.